The zero-order valence-electron chi connectivity index (χ0n) is 11.0. The third kappa shape index (κ3) is 2.19. The van der Waals surface area contributed by atoms with E-state index in [0.717, 1.165) is 37.1 Å². The first kappa shape index (κ1) is 12.4. The summed E-state index contributed by atoms with van der Waals surface area (Å²) in [4.78, 5) is 16.9. The second-order valence-electron chi connectivity index (χ2n) is 5.63. The molecule has 3 rings (SSSR count). The van der Waals surface area contributed by atoms with Crippen molar-refractivity contribution in [2.45, 2.75) is 31.2 Å². The van der Waals surface area contributed by atoms with E-state index < -0.39 is 0 Å². The predicted octanol–water partition coefficient (Wildman–Crippen LogP) is 1.25. The van der Waals surface area contributed by atoms with Crippen LogP contribution in [0.3, 0.4) is 0 Å². The molecule has 0 bridgehead atoms. The zero-order valence-corrected chi connectivity index (χ0v) is 11.0. The summed E-state index contributed by atoms with van der Waals surface area (Å²) in [6.45, 7) is 3.50. The highest BCUT2D eigenvalue weighted by atomic mass is 16.5. The third-order valence-electron chi connectivity index (χ3n) is 3.96. The number of rotatable bonds is 4. The number of imidazole rings is 1. The molecule has 5 nitrogen and oxygen atoms in total. The lowest BCUT2D eigenvalue weighted by Gasteiger charge is -2.42. The van der Waals surface area contributed by atoms with Gasteiger partial charge in [-0.2, -0.15) is 0 Å². The lowest BCUT2D eigenvalue weighted by atomic mass is 9.74. The molecule has 1 atom stereocenters. The normalized spacial score (nSPS) is 19.3. The summed E-state index contributed by atoms with van der Waals surface area (Å²) in [5.41, 5.74) is 8.68. The van der Waals surface area contributed by atoms with E-state index in [9.17, 15) is 4.79 Å². The molecular weight excluding hydrogens is 242 g/mol. The van der Waals surface area contributed by atoms with Crippen LogP contribution in [-0.2, 0) is 10.2 Å². The van der Waals surface area contributed by atoms with Crippen molar-refractivity contribution in [3.63, 3.8) is 0 Å². The molecule has 1 fully saturated rings. The SMILES string of the molecule is CC(N)CCC1(c2ccc3[nH]c(=O)[nH]c3c2)COC1. The first-order valence-corrected chi connectivity index (χ1v) is 6.65. The van der Waals surface area contributed by atoms with Crippen LogP contribution in [0.5, 0.6) is 0 Å². The average Bonchev–Trinajstić information content (AvgIpc) is 2.66. The number of hydrogen-bond acceptors (Lipinski definition) is 3. The highest BCUT2D eigenvalue weighted by Crippen LogP contribution is 2.37. The van der Waals surface area contributed by atoms with Gasteiger partial charge in [-0.25, -0.2) is 4.79 Å². The van der Waals surface area contributed by atoms with Crippen LogP contribution in [0.25, 0.3) is 11.0 Å². The highest BCUT2D eigenvalue weighted by molar-refractivity contribution is 5.75. The number of aromatic nitrogens is 2. The molecule has 1 saturated heterocycles. The molecule has 19 heavy (non-hydrogen) atoms. The van der Waals surface area contributed by atoms with E-state index in [1.54, 1.807) is 0 Å². The Hall–Kier alpha value is -1.59. The molecule has 1 aliphatic rings. The molecule has 4 N–H and O–H groups in total. The Balaban J connectivity index is 1.94. The van der Waals surface area contributed by atoms with Gasteiger partial charge in [0.1, 0.15) is 0 Å². The summed E-state index contributed by atoms with van der Waals surface area (Å²) in [6, 6.07) is 6.29. The van der Waals surface area contributed by atoms with Crippen molar-refractivity contribution in [3.8, 4) is 0 Å². The van der Waals surface area contributed by atoms with Gasteiger partial charge >= 0.3 is 5.69 Å². The second kappa shape index (κ2) is 4.51. The van der Waals surface area contributed by atoms with Gasteiger partial charge in [0.05, 0.1) is 24.2 Å². The molecule has 0 amide bonds. The standard InChI is InChI=1S/C14H19N3O2/c1-9(15)4-5-14(7-19-8-14)10-2-3-11-12(6-10)17-13(18)16-11/h2-3,6,9H,4-5,7-8,15H2,1H3,(H2,16,17,18). The molecule has 0 saturated carbocycles. The Bertz CT molecular complexity index is 637. The molecule has 0 radical (unpaired) electrons. The van der Waals surface area contributed by atoms with Gasteiger partial charge in [-0.05, 0) is 37.5 Å². The molecule has 1 unspecified atom stereocenters. The number of nitrogens with two attached hydrogens (primary N) is 1. The van der Waals surface area contributed by atoms with Gasteiger partial charge in [-0.3, -0.25) is 0 Å². The first-order valence-electron chi connectivity index (χ1n) is 6.65. The van der Waals surface area contributed by atoms with Gasteiger partial charge in [0, 0.05) is 11.5 Å². The lowest BCUT2D eigenvalue weighted by Crippen LogP contribution is -2.47. The summed E-state index contributed by atoms with van der Waals surface area (Å²) < 4.78 is 5.42. The maximum Gasteiger partial charge on any atom is 0.323 e. The van der Waals surface area contributed by atoms with Crippen molar-refractivity contribution in [3.05, 3.63) is 34.2 Å². The topological polar surface area (TPSA) is 83.9 Å². The zero-order chi connectivity index (χ0) is 13.5. The monoisotopic (exact) mass is 261 g/mol. The van der Waals surface area contributed by atoms with Gasteiger partial charge in [-0.15, -0.1) is 0 Å². The predicted molar refractivity (Wildman–Crippen MR) is 74.3 cm³/mol. The van der Waals surface area contributed by atoms with E-state index in [-0.39, 0.29) is 17.1 Å². The largest absolute Gasteiger partial charge is 0.379 e. The number of aromatic amines is 2. The Morgan fingerprint density at radius 2 is 2.11 bits per heavy atom. The van der Waals surface area contributed by atoms with E-state index >= 15 is 0 Å². The van der Waals surface area contributed by atoms with Gasteiger partial charge < -0.3 is 20.4 Å². The smallest absolute Gasteiger partial charge is 0.323 e. The summed E-state index contributed by atoms with van der Waals surface area (Å²) in [5, 5.41) is 0. The molecule has 1 aromatic heterocycles. The van der Waals surface area contributed by atoms with Gasteiger partial charge in [-0.1, -0.05) is 6.07 Å². The Morgan fingerprint density at radius 3 is 2.74 bits per heavy atom. The van der Waals surface area contributed by atoms with Gasteiger partial charge in [0.2, 0.25) is 0 Å². The van der Waals surface area contributed by atoms with Crippen molar-refractivity contribution in [2.75, 3.05) is 13.2 Å². The van der Waals surface area contributed by atoms with E-state index in [1.165, 1.54) is 5.56 Å². The molecule has 0 aliphatic carbocycles. The Labute approximate surface area is 111 Å². The summed E-state index contributed by atoms with van der Waals surface area (Å²) in [5.74, 6) is 0. The molecule has 2 heterocycles. The fraction of sp³-hybridized carbons (Fsp3) is 0.500. The quantitative estimate of drug-likeness (QED) is 0.774. The number of benzene rings is 1. The molecule has 5 heteroatoms. The highest BCUT2D eigenvalue weighted by Gasteiger charge is 2.40. The van der Waals surface area contributed by atoms with Crippen molar-refractivity contribution in [2.24, 2.45) is 5.73 Å². The maximum absolute atomic E-state index is 11.3. The van der Waals surface area contributed by atoms with Crippen molar-refractivity contribution in [1.29, 1.82) is 0 Å². The van der Waals surface area contributed by atoms with E-state index in [0.29, 0.717) is 0 Å². The van der Waals surface area contributed by atoms with Crippen molar-refractivity contribution >= 4 is 11.0 Å². The van der Waals surface area contributed by atoms with Crippen LogP contribution >= 0.6 is 0 Å². The number of hydrogen-bond donors (Lipinski definition) is 3. The van der Waals surface area contributed by atoms with E-state index in [4.69, 9.17) is 10.5 Å². The minimum Gasteiger partial charge on any atom is -0.379 e. The van der Waals surface area contributed by atoms with Crippen molar-refractivity contribution < 1.29 is 4.74 Å². The second-order valence-corrected chi connectivity index (χ2v) is 5.63. The number of H-pyrrole nitrogens is 2. The number of fused-ring (bicyclic) bond motifs is 1. The fourth-order valence-corrected chi connectivity index (χ4v) is 2.67. The van der Waals surface area contributed by atoms with Crippen LogP contribution in [0.1, 0.15) is 25.3 Å². The van der Waals surface area contributed by atoms with Crippen LogP contribution in [0, 0.1) is 0 Å². The van der Waals surface area contributed by atoms with E-state index in [2.05, 4.69) is 22.1 Å². The summed E-state index contributed by atoms with van der Waals surface area (Å²) >= 11 is 0. The third-order valence-corrected chi connectivity index (χ3v) is 3.96. The molecule has 102 valence electrons. The van der Waals surface area contributed by atoms with Crippen LogP contribution in [0.15, 0.2) is 23.0 Å². The summed E-state index contributed by atoms with van der Waals surface area (Å²) in [6.07, 6.45) is 2.00. The fourth-order valence-electron chi connectivity index (χ4n) is 2.67. The van der Waals surface area contributed by atoms with Crippen LogP contribution < -0.4 is 11.4 Å². The Kier molecular flexibility index (Phi) is 2.95. The van der Waals surface area contributed by atoms with E-state index in [1.807, 2.05) is 13.0 Å². The number of ether oxygens (including phenoxy) is 1. The van der Waals surface area contributed by atoms with Gasteiger partial charge in [0.15, 0.2) is 0 Å². The van der Waals surface area contributed by atoms with Crippen molar-refractivity contribution in [1.82, 2.24) is 9.97 Å². The molecule has 1 aromatic carbocycles. The lowest BCUT2D eigenvalue weighted by molar-refractivity contribution is -0.0656. The molecular formula is C14H19N3O2. The van der Waals surface area contributed by atoms with Gasteiger partial charge in [0.25, 0.3) is 0 Å². The average molecular weight is 261 g/mol. The molecule has 1 aliphatic heterocycles. The van der Waals surface area contributed by atoms with Crippen LogP contribution in [0.2, 0.25) is 0 Å². The first-order chi connectivity index (χ1) is 9.09. The molecule has 0 spiro atoms. The summed E-state index contributed by atoms with van der Waals surface area (Å²) in [7, 11) is 0. The number of nitrogens with one attached hydrogen (secondary N) is 2. The minimum atomic E-state index is -0.165. The van der Waals surface area contributed by atoms with Crippen LogP contribution in [0.4, 0.5) is 0 Å². The minimum absolute atomic E-state index is 0.0655. The van der Waals surface area contributed by atoms with Crippen LogP contribution in [-0.4, -0.2) is 29.2 Å². The maximum atomic E-state index is 11.3. The molecule has 2 aromatic rings. The Morgan fingerprint density at radius 1 is 1.37 bits per heavy atom.